The Morgan fingerprint density at radius 2 is 1.80 bits per heavy atom. The Morgan fingerprint density at radius 3 is 2.48 bits per heavy atom. The van der Waals surface area contributed by atoms with Gasteiger partial charge in [-0.25, -0.2) is 19.9 Å². The molecular formula is C18H16ClN5O. The summed E-state index contributed by atoms with van der Waals surface area (Å²) in [4.78, 5) is 19.5. The Bertz CT molecular complexity index is 872. The van der Waals surface area contributed by atoms with Crippen molar-refractivity contribution in [1.29, 1.82) is 0 Å². The number of aliphatic hydroxyl groups excluding tert-OH is 1. The first kappa shape index (κ1) is 15.9. The molecule has 0 unspecified atom stereocenters. The second-order valence-corrected chi connectivity index (χ2v) is 6.39. The largest absolute Gasteiger partial charge is 0.391 e. The lowest BCUT2D eigenvalue weighted by molar-refractivity contribution is 0.198. The minimum Gasteiger partial charge on any atom is -0.391 e. The van der Waals surface area contributed by atoms with Gasteiger partial charge in [0, 0.05) is 42.1 Å². The van der Waals surface area contributed by atoms with Crippen LogP contribution in [0, 0.1) is 0 Å². The normalized spacial score (nSPS) is 17.0. The number of rotatable bonds is 3. The fourth-order valence-electron chi connectivity index (χ4n) is 2.86. The number of nitrogens with zero attached hydrogens (tertiary/aromatic N) is 5. The van der Waals surface area contributed by atoms with Crippen LogP contribution in [-0.4, -0.2) is 44.2 Å². The first-order valence-corrected chi connectivity index (χ1v) is 8.40. The van der Waals surface area contributed by atoms with Gasteiger partial charge in [0.25, 0.3) is 0 Å². The van der Waals surface area contributed by atoms with Crippen molar-refractivity contribution < 1.29 is 5.11 Å². The van der Waals surface area contributed by atoms with Crippen molar-refractivity contribution in [2.45, 2.75) is 12.5 Å². The molecule has 2 aromatic heterocycles. The van der Waals surface area contributed by atoms with Crippen LogP contribution in [0.1, 0.15) is 6.42 Å². The van der Waals surface area contributed by atoms with Crippen LogP contribution in [0.2, 0.25) is 5.02 Å². The van der Waals surface area contributed by atoms with Crippen LogP contribution in [0.4, 0.5) is 5.82 Å². The summed E-state index contributed by atoms with van der Waals surface area (Å²) in [5, 5.41) is 10.5. The fourth-order valence-corrected chi connectivity index (χ4v) is 2.98. The average Bonchev–Trinajstić information content (AvgIpc) is 3.09. The summed E-state index contributed by atoms with van der Waals surface area (Å²) in [6.07, 6.45) is 5.28. The maximum Gasteiger partial charge on any atom is 0.165 e. The van der Waals surface area contributed by atoms with E-state index >= 15 is 0 Å². The van der Waals surface area contributed by atoms with Crippen molar-refractivity contribution in [2.75, 3.05) is 18.0 Å². The number of anilines is 1. The quantitative estimate of drug-likeness (QED) is 0.780. The van der Waals surface area contributed by atoms with Gasteiger partial charge in [0.1, 0.15) is 12.1 Å². The molecule has 1 aliphatic heterocycles. The zero-order valence-corrected chi connectivity index (χ0v) is 14.1. The zero-order chi connectivity index (χ0) is 17.2. The highest BCUT2D eigenvalue weighted by atomic mass is 35.5. The minimum atomic E-state index is -0.322. The van der Waals surface area contributed by atoms with Crippen LogP contribution in [0.3, 0.4) is 0 Å². The van der Waals surface area contributed by atoms with Crippen LogP contribution >= 0.6 is 11.6 Å². The summed E-state index contributed by atoms with van der Waals surface area (Å²) in [7, 11) is 0. The van der Waals surface area contributed by atoms with Gasteiger partial charge in [0.2, 0.25) is 0 Å². The third-order valence-corrected chi connectivity index (χ3v) is 4.41. The Kier molecular flexibility index (Phi) is 4.29. The Labute approximate surface area is 150 Å². The smallest absolute Gasteiger partial charge is 0.165 e. The molecule has 3 aromatic rings. The van der Waals surface area contributed by atoms with Crippen LogP contribution < -0.4 is 4.90 Å². The van der Waals surface area contributed by atoms with E-state index in [1.807, 2.05) is 30.3 Å². The summed E-state index contributed by atoms with van der Waals surface area (Å²) < 4.78 is 0. The molecule has 3 heterocycles. The molecule has 6 nitrogen and oxygen atoms in total. The molecule has 0 amide bonds. The van der Waals surface area contributed by atoms with Gasteiger partial charge >= 0.3 is 0 Å². The number of benzene rings is 1. The van der Waals surface area contributed by atoms with Gasteiger partial charge in [-0.05, 0) is 18.6 Å². The Morgan fingerprint density at radius 1 is 1.04 bits per heavy atom. The molecule has 0 aliphatic carbocycles. The predicted octanol–water partition coefficient (Wildman–Crippen LogP) is 2.83. The molecule has 7 heteroatoms. The third-order valence-electron chi connectivity index (χ3n) is 4.16. The topological polar surface area (TPSA) is 75.0 Å². The Hall–Kier alpha value is -2.57. The summed E-state index contributed by atoms with van der Waals surface area (Å²) in [5.74, 6) is 1.35. The number of halogens is 1. The molecule has 0 radical (unpaired) electrons. The van der Waals surface area contributed by atoms with Crippen molar-refractivity contribution in [3.63, 3.8) is 0 Å². The number of hydrogen-bond donors (Lipinski definition) is 1. The Balaban J connectivity index is 1.81. The molecule has 126 valence electrons. The van der Waals surface area contributed by atoms with E-state index in [0.29, 0.717) is 17.4 Å². The van der Waals surface area contributed by atoms with Crippen molar-refractivity contribution >= 4 is 17.4 Å². The van der Waals surface area contributed by atoms with Gasteiger partial charge in [-0.3, -0.25) is 0 Å². The monoisotopic (exact) mass is 353 g/mol. The maximum absolute atomic E-state index is 9.84. The lowest BCUT2D eigenvalue weighted by Crippen LogP contribution is -2.22. The van der Waals surface area contributed by atoms with Gasteiger partial charge in [-0.1, -0.05) is 23.7 Å². The van der Waals surface area contributed by atoms with E-state index in [2.05, 4.69) is 24.8 Å². The van der Waals surface area contributed by atoms with E-state index in [1.165, 1.54) is 6.33 Å². The van der Waals surface area contributed by atoms with E-state index in [0.717, 1.165) is 35.6 Å². The van der Waals surface area contributed by atoms with Gasteiger partial charge in [0.05, 0.1) is 17.4 Å². The molecule has 1 aromatic carbocycles. The zero-order valence-electron chi connectivity index (χ0n) is 13.4. The lowest BCUT2D eigenvalue weighted by Gasteiger charge is -2.18. The molecule has 1 aliphatic rings. The van der Waals surface area contributed by atoms with E-state index in [-0.39, 0.29) is 6.10 Å². The first-order chi connectivity index (χ1) is 12.2. The van der Waals surface area contributed by atoms with Crippen molar-refractivity contribution in [3.8, 4) is 22.6 Å². The van der Waals surface area contributed by atoms with Crippen LogP contribution in [0.25, 0.3) is 22.6 Å². The van der Waals surface area contributed by atoms with E-state index in [9.17, 15) is 5.11 Å². The standard InChI is InChI=1S/C18H16ClN5O/c19-14-3-1-12(2-4-14)16-7-17(24-6-5-15(25)10-24)23-18(22-16)13-8-20-11-21-9-13/h1-4,7-9,11,15,25H,5-6,10H2/t15-/m0/s1. The first-order valence-electron chi connectivity index (χ1n) is 8.02. The van der Waals surface area contributed by atoms with E-state index in [4.69, 9.17) is 11.6 Å². The number of β-amino-alcohol motifs (C(OH)–C–C–N with tert-alkyl or cyclic N) is 1. The fraction of sp³-hybridized carbons (Fsp3) is 0.222. The number of hydrogen-bond acceptors (Lipinski definition) is 6. The lowest BCUT2D eigenvalue weighted by atomic mass is 10.1. The highest BCUT2D eigenvalue weighted by Crippen LogP contribution is 2.28. The van der Waals surface area contributed by atoms with Gasteiger partial charge < -0.3 is 10.0 Å². The molecule has 0 bridgehead atoms. The number of aliphatic hydroxyl groups is 1. The molecule has 4 rings (SSSR count). The molecule has 25 heavy (non-hydrogen) atoms. The van der Waals surface area contributed by atoms with Gasteiger partial charge in [-0.15, -0.1) is 0 Å². The van der Waals surface area contributed by atoms with Gasteiger partial charge in [0.15, 0.2) is 5.82 Å². The molecule has 1 atom stereocenters. The van der Waals surface area contributed by atoms with Crippen LogP contribution in [-0.2, 0) is 0 Å². The third kappa shape index (κ3) is 3.45. The average molecular weight is 354 g/mol. The summed E-state index contributed by atoms with van der Waals surface area (Å²) in [5.41, 5.74) is 2.49. The van der Waals surface area contributed by atoms with Crippen LogP contribution in [0.5, 0.6) is 0 Å². The van der Waals surface area contributed by atoms with Crippen LogP contribution in [0.15, 0.2) is 49.1 Å². The van der Waals surface area contributed by atoms with Crippen molar-refractivity contribution in [2.24, 2.45) is 0 Å². The summed E-state index contributed by atoms with van der Waals surface area (Å²) in [6.45, 7) is 1.34. The predicted molar refractivity (Wildman–Crippen MR) is 96.3 cm³/mol. The SMILES string of the molecule is O[C@H]1CCN(c2cc(-c3ccc(Cl)cc3)nc(-c3cncnc3)n2)C1. The van der Waals surface area contributed by atoms with Crippen molar-refractivity contribution in [1.82, 2.24) is 19.9 Å². The highest BCUT2D eigenvalue weighted by Gasteiger charge is 2.23. The second-order valence-electron chi connectivity index (χ2n) is 5.96. The molecule has 1 N–H and O–H groups in total. The second kappa shape index (κ2) is 6.74. The highest BCUT2D eigenvalue weighted by molar-refractivity contribution is 6.30. The summed E-state index contributed by atoms with van der Waals surface area (Å²) >= 11 is 5.99. The van der Waals surface area contributed by atoms with Crippen molar-refractivity contribution in [3.05, 3.63) is 54.1 Å². The number of aromatic nitrogens is 4. The molecule has 0 spiro atoms. The van der Waals surface area contributed by atoms with Gasteiger partial charge in [-0.2, -0.15) is 0 Å². The molecule has 1 fully saturated rings. The van der Waals surface area contributed by atoms with E-state index in [1.54, 1.807) is 12.4 Å². The summed E-state index contributed by atoms with van der Waals surface area (Å²) in [6, 6.07) is 9.47. The minimum absolute atomic E-state index is 0.322. The molecule has 1 saturated heterocycles. The maximum atomic E-state index is 9.84. The molecular weight excluding hydrogens is 338 g/mol. The van der Waals surface area contributed by atoms with E-state index < -0.39 is 0 Å². The molecule has 0 saturated carbocycles.